The summed E-state index contributed by atoms with van der Waals surface area (Å²) in [5.74, 6) is -0.381. The summed E-state index contributed by atoms with van der Waals surface area (Å²) in [5.41, 5.74) is -0.388. The maximum atomic E-state index is 11.8. The second kappa shape index (κ2) is 9.28. The molecule has 0 fully saturated rings. The van der Waals surface area contributed by atoms with Crippen LogP contribution in [0.1, 0.15) is 26.3 Å². The Morgan fingerprint density at radius 1 is 1.27 bits per heavy atom. The van der Waals surface area contributed by atoms with Gasteiger partial charge in [0.2, 0.25) is 0 Å². The molecule has 0 spiro atoms. The lowest BCUT2D eigenvalue weighted by molar-refractivity contribution is -0.137. The molecule has 0 N–H and O–H groups in total. The monoisotopic (exact) mass is 359 g/mol. The van der Waals surface area contributed by atoms with Gasteiger partial charge in [-0.15, -0.1) is 0 Å². The van der Waals surface area contributed by atoms with Crippen LogP contribution in [0.5, 0.6) is 11.5 Å². The summed E-state index contributed by atoms with van der Waals surface area (Å²) in [6, 6.07) is 6.31. The van der Waals surface area contributed by atoms with Gasteiger partial charge in [-0.05, 0) is 44.5 Å². The lowest BCUT2D eigenvalue weighted by Gasteiger charge is -2.19. The number of nitriles is 1. The van der Waals surface area contributed by atoms with Gasteiger partial charge in [-0.25, -0.2) is 9.59 Å². The molecule has 26 heavy (non-hydrogen) atoms. The molecule has 0 saturated heterocycles. The van der Waals surface area contributed by atoms with Gasteiger partial charge in [-0.1, -0.05) is 18.7 Å². The third-order valence-corrected chi connectivity index (χ3v) is 2.75. The Morgan fingerprint density at radius 3 is 2.50 bits per heavy atom. The van der Waals surface area contributed by atoms with Crippen molar-refractivity contribution in [2.75, 3.05) is 13.7 Å². The van der Waals surface area contributed by atoms with Crippen LogP contribution in [0.25, 0.3) is 6.08 Å². The molecule has 0 unspecified atom stereocenters. The number of hydrogen-bond donors (Lipinski definition) is 0. The van der Waals surface area contributed by atoms with E-state index in [0.29, 0.717) is 5.56 Å². The summed E-state index contributed by atoms with van der Waals surface area (Å²) in [6.07, 6.45) is 1.87. The highest BCUT2D eigenvalue weighted by Crippen LogP contribution is 2.29. The van der Waals surface area contributed by atoms with Gasteiger partial charge in [-0.3, -0.25) is 0 Å². The number of nitrogens with zero attached hydrogens (tertiary/aromatic N) is 1. The standard InChI is InChI=1S/C19H21NO6/c1-6-9-24-17(21)14(12-20)10-13-7-8-15(16(11-13)23-5)25-18(22)26-19(2,3)4/h6-8,10-11H,1,9H2,2-5H3/b14-10+. The summed E-state index contributed by atoms with van der Waals surface area (Å²) in [6.45, 7) is 8.59. The van der Waals surface area contributed by atoms with E-state index in [1.54, 1.807) is 32.9 Å². The highest BCUT2D eigenvalue weighted by molar-refractivity contribution is 5.98. The molecule has 7 heteroatoms. The SMILES string of the molecule is C=CCOC(=O)/C(C#N)=C/c1ccc(OC(=O)OC(C)(C)C)c(OC)c1. The van der Waals surface area contributed by atoms with Crippen LogP contribution >= 0.6 is 0 Å². The van der Waals surface area contributed by atoms with E-state index in [-0.39, 0.29) is 23.7 Å². The predicted octanol–water partition coefficient (Wildman–Crippen LogP) is 3.65. The minimum absolute atomic E-state index is 0.00381. The van der Waals surface area contributed by atoms with E-state index in [2.05, 4.69) is 6.58 Å². The highest BCUT2D eigenvalue weighted by atomic mass is 16.7. The van der Waals surface area contributed by atoms with Crippen LogP contribution in [0.15, 0.2) is 36.4 Å². The van der Waals surface area contributed by atoms with Crippen molar-refractivity contribution in [3.05, 3.63) is 42.0 Å². The normalized spacial score (nSPS) is 11.1. The third-order valence-electron chi connectivity index (χ3n) is 2.75. The molecule has 0 aliphatic heterocycles. The minimum atomic E-state index is -0.871. The fourth-order valence-electron chi connectivity index (χ4n) is 1.73. The first-order valence-corrected chi connectivity index (χ1v) is 7.69. The Morgan fingerprint density at radius 2 is 1.96 bits per heavy atom. The number of carbonyl (C=O) groups is 2. The molecule has 0 bridgehead atoms. The first kappa shape index (κ1) is 20.8. The topological polar surface area (TPSA) is 94.9 Å². The van der Waals surface area contributed by atoms with E-state index in [1.807, 2.05) is 0 Å². The summed E-state index contributed by atoms with van der Waals surface area (Å²) in [7, 11) is 1.40. The zero-order valence-corrected chi connectivity index (χ0v) is 15.2. The van der Waals surface area contributed by atoms with Crippen LogP contribution in [-0.2, 0) is 14.3 Å². The number of rotatable bonds is 6. The molecule has 1 rings (SSSR count). The number of esters is 1. The van der Waals surface area contributed by atoms with Gasteiger partial charge < -0.3 is 18.9 Å². The molecule has 0 amide bonds. The Labute approximate surface area is 152 Å². The average molecular weight is 359 g/mol. The molecular formula is C19H21NO6. The molecule has 0 aliphatic carbocycles. The Kier molecular flexibility index (Phi) is 7.41. The molecule has 0 heterocycles. The number of hydrogen-bond acceptors (Lipinski definition) is 7. The quantitative estimate of drug-likeness (QED) is 0.251. The van der Waals surface area contributed by atoms with Crippen LogP contribution in [0.3, 0.4) is 0 Å². The van der Waals surface area contributed by atoms with E-state index in [4.69, 9.17) is 24.2 Å². The number of methoxy groups -OCH3 is 1. The van der Waals surface area contributed by atoms with E-state index in [9.17, 15) is 9.59 Å². The van der Waals surface area contributed by atoms with E-state index in [1.165, 1.54) is 31.4 Å². The number of carbonyl (C=O) groups excluding carboxylic acids is 2. The van der Waals surface area contributed by atoms with Gasteiger partial charge in [0.05, 0.1) is 7.11 Å². The van der Waals surface area contributed by atoms with Crippen molar-refractivity contribution in [1.29, 1.82) is 5.26 Å². The van der Waals surface area contributed by atoms with E-state index < -0.39 is 17.7 Å². The second-order valence-corrected chi connectivity index (χ2v) is 6.03. The second-order valence-electron chi connectivity index (χ2n) is 6.03. The van der Waals surface area contributed by atoms with E-state index in [0.717, 1.165) is 0 Å². The average Bonchev–Trinajstić information content (AvgIpc) is 2.56. The molecule has 1 aromatic rings. The fraction of sp³-hybridized carbons (Fsp3) is 0.316. The number of benzene rings is 1. The van der Waals surface area contributed by atoms with Crippen molar-refractivity contribution in [3.63, 3.8) is 0 Å². The maximum absolute atomic E-state index is 11.8. The van der Waals surface area contributed by atoms with Gasteiger partial charge >= 0.3 is 12.1 Å². The molecule has 7 nitrogen and oxygen atoms in total. The minimum Gasteiger partial charge on any atom is -0.493 e. The predicted molar refractivity (Wildman–Crippen MR) is 94.6 cm³/mol. The first-order chi connectivity index (χ1) is 12.2. The van der Waals surface area contributed by atoms with Crippen LogP contribution in [0, 0.1) is 11.3 Å². The van der Waals surface area contributed by atoms with Crippen molar-refractivity contribution in [2.24, 2.45) is 0 Å². The van der Waals surface area contributed by atoms with Crippen molar-refractivity contribution >= 4 is 18.2 Å². The zero-order valence-electron chi connectivity index (χ0n) is 15.2. The van der Waals surface area contributed by atoms with Gasteiger partial charge in [0.15, 0.2) is 11.5 Å². The molecule has 0 atom stereocenters. The largest absolute Gasteiger partial charge is 0.514 e. The van der Waals surface area contributed by atoms with Crippen molar-refractivity contribution in [3.8, 4) is 17.6 Å². The summed E-state index contributed by atoms with van der Waals surface area (Å²) in [5, 5.41) is 9.10. The summed E-state index contributed by atoms with van der Waals surface area (Å²) < 4.78 is 20.2. The molecule has 0 saturated carbocycles. The molecular weight excluding hydrogens is 338 g/mol. The maximum Gasteiger partial charge on any atom is 0.514 e. The lowest BCUT2D eigenvalue weighted by atomic mass is 10.1. The summed E-state index contributed by atoms with van der Waals surface area (Å²) in [4.78, 5) is 23.5. The summed E-state index contributed by atoms with van der Waals surface area (Å²) >= 11 is 0. The van der Waals surface area contributed by atoms with Crippen molar-refractivity contribution in [2.45, 2.75) is 26.4 Å². The fourth-order valence-corrected chi connectivity index (χ4v) is 1.73. The Balaban J connectivity index is 3.02. The molecule has 0 aromatic heterocycles. The molecule has 138 valence electrons. The van der Waals surface area contributed by atoms with Gasteiger partial charge in [0.1, 0.15) is 23.9 Å². The van der Waals surface area contributed by atoms with Crippen molar-refractivity contribution < 1.29 is 28.5 Å². The highest BCUT2D eigenvalue weighted by Gasteiger charge is 2.20. The zero-order chi connectivity index (χ0) is 19.7. The third kappa shape index (κ3) is 6.69. The Hall–Kier alpha value is -3.27. The molecule has 1 aromatic carbocycles. The van der Waals surface area contributed by atoms with Crippen LogP contribution in [0.2, 0.25) is 0 Å². The van der Waals surface area contributed by atoms with Gasteiger partial charge in [0, 0.05) is 0 Å². The van der Waals surface area contributed by atoms with Gasteiger partial charge in [-0.2, -0.15) is 5.26 Å². The molecule has 0 radical (unpaired) electrons. The van der Waals surface area contributed by atoms with Gasteiger partial charge in [0.25, 0.3) is 0 Å². The lowest BCUT2D eigenvalue weighted by Crippen LogP contribution is -2.26. The number of ether oxygens (including phenoxy) is 4. The van der Waals surface area contributed by atoms with Crippen LogP contribution < -0.4 is 9.47 Å². The smallest absolute Gasteiger partial charge is 0.493 e. The van der Waals surface area contributed by atoms with E-state index >= 15 is 0 Å². The Bertz CT molecular complexity index is 752. The molecule has 0 aliphatic rings. The van der Waals surface area contributed by atoms with Crippen LogP contribution in [-0.4, -0.2) is 31.4 Å². The van der Waals surface area contributed by atoms with Crippen molar-refractivity contribution in [1.82, 2.24) is 0 Å². The first-order valence-electron chi connectivity index (χ1n) is 7.69. The van der Waals surface area contributed by atoms with Crippen LogP contribution in [0.4, 0.5) is 4.79 Å².